The first kappa shape index (κ1) is 17.5. The summed E-state index contributed by atoms with van der Waals surface area (Å²) in [4.78, 5) is 15.1. The topological polar surface area (TPSA) is 32.3 Å². The third-order valence-corrected chi connectivity index (χ3v) is 5.98. The SMILES string of the molecule is Cc1cccc(C)c1NC(=O)CCN1CCC[C@H]2CCCCC[C@@H]21. The van der Waals surface area contributed by atoms with Gasteiger partial charge >= 0.3 is 0 Å². The van der Waals surface area contributed by atoms with E-state index >= 15 is 0 Å². The molecule has 24 heavy (non-hydrogen) atoms. The standard InChI is InChI=1S/C21H32N2O/c1-16-8-6-9-17(2)21(16)22-20(24)13-15-23-14-7-11-18-10-4-3-5-12-19(18)23/h6,8-9,18-19H,3-5,7,10-15H2,1-2H3,(H,22,24)/t18-,19+/m1/s1. The average Bonchev–Trinajstić information content (AvgIpc) is 2.82. The van der Waals surface area contributed by atoms with Crippen molar-refractivity contribution >= 4 is 11.6 Å². The van der Waals surface area contributed by atoms with Gasteiger partial charge in [-0.3, -0.25) is 9.69 Å². The summed E-state index contributed by atoms with van der Waals surface area (Å²) in [5, 5.41) is 3.14. The van der Waals surface area contributed by atoms with Crippen LogP contribution in [0.15, 0.2) is 18.2 Å². The lowest BCUT2D eigenvalue weighted by molar-refractivity contribution is -0.116. The molecule has 132 valence electrons. The number of fused-ring (bicyclic) bond motifs is 1. The number of likely N-dealkylation sites (tertiary alicyclic amines) is 1. The molecule has 1 saturated heterocycles. The predicted molar refractivity (Wildman–Crippen MR) is 100 cm³/mol. The first-order valence-corrected chi connectivity index (χ1v) is 9.75. The normalized spacial score (nSPS) is 24.9. The van der Waals surface area contributed by atoms with E-state index in [-0.39, 0.29) is 5.91 Å². The van der Waals surface area contributed by atoms with Crippen LogP contribution in [0.3, 0.4) is 0 Å². The highest BCUT2D eigenvalue weighted by molar-refractivity contribution is 5.92. The molecule has 1 N–H and O–H groups in total. The molecule has 1 saturated carbocycles. The van der Waals surface area contributed by atoms with E-state index in [0.717, 1.165) is 35.3 Å². The highest BCUT2D eigenvalue weighted by atomic mass is 16.1. The summed E-state index contributed by atoms with van der Waals surface area (Å²) in [6.07, 6.45) is 10.2. The van der Waals surface area contributed by atoms with E-state index in [1.807, 2.05) is 6.07 Å². The number of amides is 1. The summed E-state index contributed by atoms with van der Waals surface area (Å²) in [6.45, 7) is 6.21. The molecule has 1 aliphatic heterocycles. The van der Waals surface area contributed by atoms with Crippen LogP contribution in [-0.4, -0.2) is 29.9 Å². The molecule has 0 aromatic heterocycles. The van der Waals surface area contributed by atoms with E-state index in [1.165, 1.54) is 51.5 Å². The zero-order valence-electron chi connectivity index (χ0n) is 15.3. The Hall–Kier alpha value is -1.35. The molecule has 3 nitrogen and oxygen atoms in total. The van der Waals surface area contributed by atoms with Gasteiger partial charge in [-0.25, -0.2) is 0 Å². The highest BCUT2D eigenvalue weighted by Crippen LogP contribution is 2.34. The van der Waals surface area contributed by atoms with Crippen molar-refractivity contribution in [2.75, 3.05) is 18.4 Å². The van der Waals surface area contributed by atoms with Gasteiger partial charge in [-0.05, 0) is 63.1 Å². The summed E-state index contributed by atoms with van der Waals surface area (Å²) >= 11 is 0. The minimum Gasteiger partial charge on any atom is -0.326 e. The molecule has 0 spiro atoms. The Balaban J connectivity index is 1.55. The number of para-hydroxylation sites is 1. The Morgan fingerprint density at radius 2 is 1.79 bits per heavy atom. The van der Waals surface area contributed by atoms with Crippen molar-refractivity contribution in [2.24, 2.45) is 5.92 Å². The third-order valence-electron chi connectivity index (χ3n) is 5.98. The number of hydrogen-bond acceptors (Lipinski definition) is 2. The molecular formula is C21H32N2O. The Labute approximate surface area is 146 Å². The first-order valence-electron chi connectivity index (χ1n) is 9.75. The van der Waals surface area contributed by atoms with Crippen LogP contribution < -0.4 is 5.32 Å². The maximum absolute atomic E-state index is 12.4. The molecule has 0 radical (unpaired) electrons. The summed E-state index contributed by atoms with van der Waals surface area (Å²) in [7, 11) is 0. The Morgan fingerprint density at radius 1 is 1.08 bits per heavy atom. The molecule has 2 fully saturated rings. The highest BCUT2D eigenvalue weighted by Gasteiger charge is 2.31. The molecule has 1 aromatic carbocycles. The van der Waals surface area contributed by atoms with E-state index in [2.05, 4.69) is 36.2 Å². The average molecular weight is 329 g/mol. The second kappa shape index (κ2) is 8.15. The summed E-state index contributed by atoms with van der Waals surface area (Å²) in [6, 6.07) is 6.89. The zero-order chi connectivity index (χ0) is 16.9. The number of anilines is 1. The lowest BCUT2D eigenvalue weighted by Gasteiger charge is -2.40. The third kappa shape index (κ3) is 4.18. The molecule has 1 amide bonds. The van der Waals surface area contributed by atoms with Gasteiger partial charge in [0.05, 0.1) is 0 Å². The fourth-order valence-corrected chi connectivity index (χ4v) is 4.64. The molecule has 1 aliphatic carbocycles. The number of benzene rings is 1. The van der Waals surface area contributed by atoms with E-state index in [4.69, 9.17) is 0 Å². The van der Waals surface area contributed by atoms with Crippen molar-refractivity contribution < 1.29 is 4.79 Å². The van der Waals surface area contributed by atoms with E-state index in [1.54, 1.807) is 0 Å². The van der Waals surface area contributed by atoms with Gasteiger partial charge < -0.3 is 5.32 Å². The number of carbonyl (C=O) groups excluding carboxylic acids is 1. The molecule has 2 aliphatic rings. The minimum atomic E-state index is 0.156. The molecule has 3 rings (SSSR count). The summed E-state index contributed by atoms with van der Waals surface area (Å²) in [5.74, 6) is 1.03. The number of rotatable bonds is 4. The van der Waals surface area contributed by atoms with Gasteiger partial charge in [-0.1, -0.05) is 37.5 Å². The molecule has 2 atom stereocenters. The molecule has 0 bridgehead atoms. The van der Waals surface area contributed by atoms with Gasteiger partial charge in [0.25, 0.3) is 0 Å². The Bertz CT molecular complexity index is 549. The summed E-state index contributed by atoms with van der Waals surface area (Å²) < 4.78 is 0. The molecule has 3 heteroatoms. The van der Waals surface area contributed by atoms with Gasteiger partial charge in [-0.2, -0.15) is 0 Å². The van der Waals surface area contributed by atoms with Crippen LogP contribution in [0.1, 0.15) is 62.5 Å². The van der Waals surface area contributed by atoms with Crippen molar-refractivity contribution in [1.29, 1.82) is 0 Å². The number of nitrogens with zero attached hydrogens (tertiary/aromatic N) is 1. The maximum Gasteiger partial charge on any atom is 0.225 e. The number of carbonyl (C=O) groups is 1. The van der Waals surface area contributed by atoms with Gasteiger partial charge in [0.2, 0.25) is 5.91 Å². The smallest absolute Gasteiger partial charge is 0.225 e. The van der Waals surface area contributed by atoms with Crippen molar-refractivity contribution in [3.63, 3.8) is 0 Å². The number of hydrogen-bond donors (Lipinski definition) is 1. The lowest BCUT2D eigenvalue weighted by atomic mass is 9.85. The fourth-order valence-electron chi connectivity index (χ4n) is 4.64. The fraction of sp³-hybridized carbons (Fsp3) is 0.667. The number of piperidine rings is 1. The van der Waals surface area contributed by atoms with Crippen LogP contribution >= 0.6 is 0 Å². The van der Waals surface area contributed by atoms with Crippen molar-refractivity contribution in [2.45, 2.75) is 71.3 Å². The van der Waals surface area contributed by atoms with E-state index in [9.17, 15) is 4.79 Å². The van der Waals surface area contributed by atoms with Crippen LogP contribution in [-0.2, 0) is 4.79 Å². The summed E-state index contributed by atoms with van der Waals surface area (Å²) in [5.41, 5.74) is 3.28. The van der Waals surface area contributed by atoms with E-state index in [0.29, 0.717) is 6.42 Å². The van der Waals surface area contributed by atoms with Crippen molar-refractivity contribution in [3.05, 3.63) is 29.3 Å². The zero-order valence-corrected chi connectivity index (χ0v) is 15.3. The van der Waals surface area contributed by atoms with Crippen LogP contribution in [0.2, 0.25) is 0 Å². The van der Waals surface area contributed by atoms with Crippen LogP contribution in [0, 0.1) is 19.8 Å². The molecule has 0 unspecified atom stereocenters. The largest absolute Gasteiger partial charge is 0.326 e. The minimum absolute atomic E-state index is 0.156. The number of nitrogens with one attached hydrogen (secondary N) is 1. The molecule has 1 aromatic rings. The van der Waals surface area contributed by atoms with Crippen molar-refractivity contribution in [1.82, 2.24) is 4.90 Å². The Morgan fingerprint density at radius 3 is 2.58 bits per heavy atom. The lowest BCUT2D eigenvalue weighted by Crippen LogP contribution is -2.45. The van der Waals surface area contributed by atoms with Crippen LogP contribution in [0.5, 0.6) is 0 Å². The van der Waals surface area contributed by atoms with E-state index < -0.39 is 0 Å². The number of aryl methyl sites for hydroxylation is 2. The second-order valence-corrected chi connectivity index (χ2v) is 7.71. The van der Waals surface area contributed by atoms with Gasteiger partial charge in [-0.15, -0.1) is 0 Å². The van der Waals surface area contributed by atoms with Crippen LogP contribution in [0.25, 0.3) is 0 Å². The monoisotopic (exact) mass is 328 g/mol. The van der Waals surface area contributed by atoms with Gasteiger partial charge in [0.1, 0.15) is 0 Å². The first-order chi connectivity index (χ1) is 11.6. The maximum atomic E-state index is 12.4. The quantitative estimate of drug-likeness (QED) is 0.870. The molecular weight excluding hydrogens is 296 g/mol. The van der Waals surface area contributed by atoms with Crippen LogP contribution in [0.4, 0.5) is 5.69 Å². The van der Waals surface area contributed by atoms with Gasteiger partial charge in [0, 0.05) is 24.7 Å². The second-order valence-electron chi connectivity index (χ2n) is 7.71. The van der Waals surface area contributed by atoms with Gasteiger partial charge in [0.15, 0.2) is 0 Å². The predicted octanol–water partition coefficient (Wildman–Crippen LogP) is 4.68. The Kier molecular flexibility index (Phi) is 5.94. The molecule has 1 heterocycles. The van der Waals surface area contributed by atoms with Crippen molar-refractivity contribution in [3.8, 4) is 0 Å².